The fourth-order valence-electron chi connectivity index (χ4n) is 0.741. The van der Waals surface area contributed by atoms with Crippen molar-refractivity contribution in [3.63, 3.8) is 0 Å². The Bertz CT molecular complexity index is 91.3. The third kappa shape index (κ3) is 3.64. The van der Waals surface area contributed by atoms with Crippen LogP contribution in [0.3, 0.4) is 0 Å². The van der Waals surface area contributed by atoms with Gasteiger partial charge in [0.2, 0.25) is 0 Å². The van der Waals surface area contributed by atoms with E-state index in [9.17, 15) is 0 Å². The Labute approximate surface area is 62.2 Å². The highest BCUT2D eigenvalue weighted by Crippen LogP contribution is 2.04. The highest BCUT2D eigenvalue weighted by atomic mass is 16.3. The normalized spacial score (nSPS) is 16.3. The van der Waals surface area contributed by atoms with Gasteiger partial charge in [-0.3, -0.25) is 0 Å². The van der Waals surface area contributed by atoms with Gasteiger partial charge in [0, 0.05) is 0 Å². The highest BCUT2D eigenvalue weighted by Gasteiger charge is 2.10. The summed E-state index contributed by atoms with van der Waals surface area (Å²) < 4.78 is 0. The number of unbranched alkanes of at least 4 members (excludes halogenated alkanes) is 1. The van der Waals surface area contributed by atoms with Crippen LogP contribution in [-0.4, -0.2) is 22.4 Å². The molecule has 2 heteroatoms. The molecule has 0 aliphatic heterocycles. The van der Waals surface area contributed by atoms with E-state index in [4.69, 9.17) is 10.2 Å². The lowest BCUT2D eigenvalue weighted by molar-refractivity contribution is 0.0420. The molecule has 10 heavy (non-hydrogen) atoms. The van der Waals surface area contributed by atoms with Gasteiger partial charge in [-0.05, 0) is 6.42 Å². The van der Waals surface area contributed by atoms with Crippen LogP contribution in [-0.2, 0) is 0 Å². The van der Waals surface area contributed by atoms with E-state index in [0.29, 0.717) is 6.42 Å². The van der Waals surface area contributed by atoms with Crippen molar-refractivity contribution in [1.29, 1.82) is 0 Å². The molecule has 0 amide bonds. The van der Waals surface area contributed by atoms with Gasteiger partial charge in [-0.2, -0.15) is 0 Å². The van der Waals surface area contributed by atoms with Crippen molar-refractivity contribution < 1.29 is 10.2 Å². The summed E-state index contributed by atoms with van der Waals surface area (Å²) in [4.78, 5) is 0. The van der Waals surface area contributed by atoms with Gasteiger partial charge in [0.15, 0.2) is 0 Å². The average Bonchev–Trinajstić information content (AvgIpc) is 1.98. The molecular formula is C8H16O2. The molecule has 2 unspecified atom stereocenters. The van der Waals surface area contributed by atoms with Gasteiger partial charge in [0.25, 0.3) is 0 Å². The number of hydrogen-bond donors (Lipinski definition) is 2. The molecule has 0 saturated carbocycles. The van der Waals surface area contributed by atoms with Crippen LogP contribution in [0, 0.1) is 0 Å². The molecule has 2 N–H and O–H groups in total. The van der Waals surface area contributed by atoms with Crippen LogP contribution in [0.1, 0.15) is 26.2 Å². The fraction of sp³-hybridized carbons (Fsp3) is 0.750. The smallest absolute Gasteiger partial charge is 0.0977 e. The Kier molecular flexibility index (Phi) is 5.26. The quantitative estimate of drug-likeness (QED) is 0.567. The minimum atomic E-state index is -0.758. The van der Waals surface area contributed by atoms with Crippen molar-refractivity contribution in [1.82, 2.24) is 0 Å². The van der Waals surface area contributed by atoms with E-state index in [1.807, 2.05) is 6.92 Å². The molecule has 0 heterocycles. The number of aliphatic hydroxyl groups excluding tert-OH is 2. The third-order valence-corrected chi connectivity index (χ3v) is 1.49. The Balaban J connectivity index is 3.40. The maximum Gasteiger partial charge on any atom is 0.0977 e. The SMILES string of the molecule is C=CC(O)C(O)CCCC. The van der Waals surface area contributed by atoms with Gasteiger partial charge in [-0.15, -0.1) is 6.58 Å². The van der Waals surface area contributed by atoms with Crippen molar-refractivity contribution in [2.24, 2.45) is 0 Å². The summed E-state index contributed by atoms with van der Waals surface area (Å²) in [6.07, 6.45) is 2.63. The van der Waals surface area contributed by atoms with Crippen LogP contribution in [0.2, 0.25) is 0 Å². The maximum absolute atomic E-state index is 9.13. The molecular weight excluding hydrogens is 128 g/mol. The van der Waals surface area contributed by atoms with E-state index in [1.54, 1.807) is 0 Å². The predicted molar refractivity (Wildman–Crippen MR) is 41.7 cm³/mol. The number of aliphatic hydroxyl groups is 2. The first-order chi connectivity index (χ1) is 4.72. The predicted octanol–water partition coefficient (Wildman–Crippen LogP) is 1.08. The lowest BCUT2D eigenvalue weighted by atomic mass is 10.1. The number of hydrogen-bond acceptors (Lipinski definition) is 2. The molecule has 0 radical (unpaired) electrons. The first-order valence-electron chi connectivity index (χ1n) is 3.71. The van der Waals surface area contributed by atoms with Gasteiger partial charge in [-0.1, -0.05) is 25.8 Å². The van der Waals surface area contributed by atoms with Gasteiger partial charge in [0.1, 0.15) is 0 Å². The van der Waals surface area contributed by atoms with Crippen molar-refractivity contribution in [3.8, 4) is 0 Å². The van der Waals surface area contributed by atoms with Crippen molar-refractivity contribution in [3.05, 3.63) is 12.7 Å². The second-order valence-electron chi connectivity index (χ2n) is 2.44. The fourth-order valence-corrected chi connectivity index (χ4v) is 0.741. The van der Waals surface area contributed by atoms with Crippen LogP contribution >= 0.6 is 0 Å². The summed E-state index contributed by atoms with van der Waals surface area (Å²) in [5, 5.41) is 18.1. The maximum atomic E-state index is 9.13. The van der Waals surface area contributed by atoms with E-state index in [-0.39, 0.29) is 0 Å². The zero-order valence-electron chi connectivity index (χ0n) is 6.45. The number of rotatable bonds is 5. The largest absolute Gasteiger partial charge is 0.390 e. The van der Waals surface area contributed by atoms with Gasteiger partial charge in [0.05, 0.1) is 12.2 Å². The van der Waals surface area contributed by atoms with Crippen LogP contribution < -0.4 is 0 Å². The molecule has 2 atom stereocenters. The summed E-state index contributed by atoms with van der Waals surface area (Å²) in [7, 11) is 0. The molecule has 0 fully saturated rings. The Hall–Kier alpha value is -0.340. The standard InChI is InChI=1S/C8H16O2/c1-3-5-6-8(10)7(9)4-2/h4,7-10H,2-3,5-6H2,1H3. The Morgan fingerprint density at radius 1 is 1.50 bits per heavy atom. The lowest BCUT2D eigenvalue weighted by Crippen LogP contribution is -2.22. The molecule has 0 aromatic heterocycles. The van der Waals surface area contributed by atoms with Crippen molar-refractivity contribution >= 4 is 0 Å². The summed E-state index contributed by atoms with van der Waals surface area (Å²) in [5.41, 5.74) is 0. The van der Waals surface area contributed by atoms with E-state index in [1.165, 1.54) is 6.08 Å². The molecule has 0 aliphatic carbocycles. The van der Waals surface area contributed by atoms with Gasteiger partial charge in [-0.25, -0.2) is 0 Å². The van der Waals surface area contributed by atoms with E-state index >= 15 is 0 Å². The zero-order chi connectivity index (χ0) is 7.98. The zero-order valence-corrected chi connectivity index (χ0v) is 6.45. The molecule has 0 aliphatic rings. The minimum Gasteiger partial charge on any atom is -0.390 e. The Morgan fingerprint density at radius 3 is 2.50 bits per heavy atom. The first kappa shape index (κ1) is 9.66. The van der Waals surface area contributed by atoms with Crippen molar-refractivity contribution in [2.75, 3.05) is 0 Å². The molecule has 0 aromatic carbocycles. The molecule has 60 valence electrons. The second-order valence-corrected chi connectivity index (χ2v) is 2.44. The third-order valence-electron chi connectivity index (χ3n) is 1.49. The first-order valence-corrected chi connectivity index (χ1v) is 3.71. The van der Waals surface area contributed by atoms with E-state index < -0.39 is 12.2 Å². The second kappa shape index (κ2) is 5.45. The minimum absolute atomic E-state index is 0.627. The summed E-state index contributed by atoms with van der Waals surface area (Å²) in [6, 6.07) is 0. The molecule has 0 aromatic rings. The lowest BCUT2D eigenvalue weighted by Gasteiger charge is -2.12. The van der Waals surface area contributed by atoms with Gasteiger partial charge < -0.3 is 10.2 Å². The van der Waals surface area contributed by atoms with Gasteiger partial charge >= 0.3 is 0 Å². The topological polar surface area (TPSA) is 40.5 Å². The monoisotopic (exact) mass is 144 g/mol. The summed E-state index contributed by atoms with van der Waals surface area (Å²) in [5.74, 6) is 0. The van der Waals surface area contributed by atoms with Crippen LogP contribution in [0.25, 0.3) is 0 Å². The Morgan fingerprint density at radius 2 is 2.10 bits per heavy atom. The molecule has 2 nitrogen and oxygen atoms in total. The van der Waals surface area contributed by atoms with Crippen LogP contribution in [0.5, 0.6) is 0 Å². The average molecular weight is 144 g/mol. The van der Waals surface area contributed by atoms with E-state index in [0.717, 1.165) is 12.8 Å². The molecule has 0 spiro atoms. The van der Waals surface area contributed by atoms with Crippen LogP contribution in [0.4, 0.5) is 0 Å². The molecule has 0 saturated heterocycles. The van der Waals surface area contributed by atoms with E-state index in [2.05, 4.69) is 6.58 Å². The molecule has 0 bridgehead atoms. The summed E-state index contributed by atoms with van der Waals surface area (Å²) in [6.45, 7) is 5.43. The molecule has 0 rings (SSSR count). The van der Waals surface area contributed by atoms with Crippen LogP contribution in [0.15, 0.2) is 12.7 Å². The van der Waals surface area contributed by atoms with Crippen molar-refractivity contribution in [2.45, 2.75) is 38.4 Å². The summed E-state index contributed by atoms with van der Waals surface area (Å²) >= 11 is 0. The highest BCUT2D eigenvalue weighted by molar-refractivity contribution is 4.83.